The standard InChI is InChI=1S/C12H14O3/c1-3-4-7-15-10-5-6-11(12(13)14)9(2)8-10/h3-6,8H,7H2,1-2H3,(H,13,14)/b4-3+. The third-order valence-electron chi connectivity index (χ3n) is 2.01. The van der Waals surface area contributed by atoms with E-state index in [2.05, 4.69) is 0 Å². The largest absolute Gasteiger partial charge is 0.490 e. The monoisotopic (exact) mass is 206 g/mol. The Morgan fingerprint density at radius 3 is 2.80 bits per heavy atom. The highest BCUT2D eigenvalue weighted by atomic mass is 16.5. The van der Waals surface area contributed by atoms with E-state index in [0.717, 1.165) is 0 Å². The average molecular weight is 206 g/mol. The number of aromatic carboxylic acids is 1. The van der Waals surface area contributed by atoms with Crippen LogP contribution in [0.25, 0.3) is 0 Å². The van der Waals surface area contributed by atoms with Crippen LogP contribution in [-0.4, -0.2) is 17.7 Å². The minimum atomic E-state index is -0.910. The van der Waals surface area contributed by atoms with Crippen LogP contribution in [0.2, 0.25) is 0 Å². The molecule has 1 N–H and O–H groups in total. The van der Waals surface area contributed by atoms with Gasteiger partial charge >= 0.3 is 5.97 Å². The highest BCUT2D eigenvalue weighted by Gasteiger charge is 2.06. The summed E-state index contributed by atoms with van der Waals surface area (Å²) in [6, 6.07) is 4.95. The molecule has 0 atom stereocenters. The maximum atomic E-state index is 10.7. The van der Waals surface area contributed by atoms with Crippen molar-refractivity contribution in [1.82, 2.24) is 0 Å². The predicted octanol–water partition coefficient (Wildman–Crippen LogP) is 2.65. The van der Waals surface area contributed by atoms with Crippen LogP contribution in [0.15, 0.2) is 30.4 Å². The molecule has 0 unspecified atom stereocenters. The van der Waals surface area contributed by atoms with Gasteiger partial charge in [0.05, 0.1) is 5.56 Å². The van der Waals surface area contributed by atoms with Crippen LogP contribution in [0.3, 0.4) is 0 Å². The molecule has 3 nitrogen and oxygen atoms in total. The molecule has 0 radical (unpaired) electrons. The van der Waals surface area contributed by atoms with Gasteiger partial charge in [0.2, 0.25) is 0 Å². The zero-order chi connectivity index (χ0) is 11.3. The smallest absolute Gasteiger partial charge is 0.335 e. The average Bonchev–Trinajstić information content (AvgIpc) is 2.17. The molecule has 1 aromatic carbocycles. The fraction of sp³-hybridized carbons (Fsp3) is 0.250. The molecule has 1 rings (SSSR count). The summed E-state index contributed by atoms with van der Waals surface area (Å²) in [6.07, 6.45) is 3.79. The van der Waals surface area contributed by atoms with E-state index in [-0.39, 0.29) is 0 Å². The molecule has 1 aromatic rings. The van der Waals surface area contributed by atoms with Crippen molar-refractivity contribution in [3.63, 3.8) is 0 Å². The number of rotatable bonds is 4. The first kappa shape index (κ1) is 11.3. The molecule has 0 saturated heterocycles. The lowest BCUT2D eigenvalue weighted by Crippen LogP contribution is -2.00. The molecule has 0 aromatic heterocycles. The molecule has 0 fully saturated rings. The van der Waals surface area contributed by atoms with E-state index in [1.165, 1.54) is 0 Å². The fourth-order valence-electron chi connectivity index (χ4n) is 1.21. The molecule has 3 heteroatoms. The number of hydrogen-bond donors (Lipinski definition) is 1. The molecular weight excluding hydrogens is 192 g/mol. The molecule has 80 valence electrons. The first-order chi connectivity index (χ1) is 7.15. The molecule has 0 aliphatic carbocycles. The van der Waals surface area contributed by atoms with E-state index < -0.39 is 5.97 Å². The molecule has 0 amide bonds. The Balaban J connectivity index is 2.77. The Labute approximate surface area is 89.0 Å². The van der Waals surface area contributed by atoms with Crippen molar-refractivity contribution in [2.24, 2.45) is 0 Å². The van der Waals surface area contributed by atoms with Crippen molar-refractivity contribution >= 4 is 5.97 Å². The van der Waals surface area contributed by atoms with Crippen LogP contribution in [0.1, 0.15) is 22.8 Å². The molecule has 0 aliphatic rings. The van der Waals surface area contributed by atoms with Crippen molar-refractivity contribution in [3.05, 3.63) is 41.5 Å². The Kier molecular flexibility index (Phi) is 3.92. The fourth-order valence-corrected chi connectivity index (χ4v) is 1.21. The Morgan fingerprint density at radius 2 is 2.27 bits per heavy atom. The summed E-state index contributed by atoms with van der Waals surface area (Å²) in [5.41, 5.74) is 1.02. The number of ether oxygens (including phenoxy) is 1. The zero-order valence-electron chi connectivity index (χ0n) is 8.86. The number of allylic oxidation sites excluding steroid dienone is 1. The van der Waals surface area contributed by atoms with Gasteiger partial charge in [-0.05, 0) is 37.6 Å². The zero-order valence-corrected chi connectivity index (χ0v) is 8.86. The summed E-state index contributed by atoms with van der Waals surface area (Å²) in [7, 11) is 0. The van der Waals surface area contributed by atoms with Gasteiger partial charge in [0, 0.05) is 0 Å². The van der Waals surface area contributed by atoms with Gasteiger partial charge in [-0.1, -0.05) is 12.2 Å². The van der Waals surface area contributed by atoms with Gasteiger partial charge in [-0.25, -0.2) is 4.79 Å². The van der Waals surface area contributed by atoms with Gasteiger partial charge in [0.1, 0.15) is 12.4 Å². The molecular formula is C12H14O3. The lowest BCUT2D eigenvalue weighted by molar-refractivity contribution is 0.0696. The molecule has 15 heavy (non-hydrogen) atoms. The third-order valence-corrected chi connectivity index (χ3v) is 2.01. The van der Waals surface area contributed by atoms with Gasteiger partial charge in [-0.2, -0.15) is 0 Å². The van der Waals surface area contributed by atoms with Gasteiger partial charge in [0.15, 0.2) is 0 Å². The molecule has 0 spiro atoms. The third kappa shape index (κ3) is 3.13. The van der Waals surface area contributed by atoms with Crippen molar-refractivity contribution in [2.75, 3.05) is 6.61 Å². The Morgan fingerprint density at radius 1 is 1.53 bits per heavy atom. The van der Waals surface area contributed by atoms with Crippen LogP contribution in [-0.2, 0) is 0 Å². The summed E-state index contributed by atoms with van der Waals surface area (Å²) in [5.74, 6) is -0.219. The first-order valence-corrected chi connectivity index (χ1v) is 4.73. The minimum Gasteiger partial charge on any atom is -0.490 e. The van der Waals surface area contributed by atoms with E-state index in [0.29, 0.717) is 23.5 Å². The quantitative estimate of drug-likeness (QED) is 0.770. The normalized spacial score (nSPS) is 10.5. The highest BCUT2D eigenvalue weighted by molar-refractivity contribution is 5.89. The number of carboxylic acids is 1. The van der Waals surface area contributed by atoms with Gasteiger partial charge in [-0.3, -0.25) is 0 Å². The maximum absolute atomic E-state index is 10.7. The topological polar surface area (TPSA) is 46.5 Å². The SMILES string of the molecule is C/C=C/COc1ccc(C(=O)O)c(C)c1. The van der Waals surface area contributed by atoms with Crippen LogP contribution in [0.5, 0.6) is 5.75 Å². The van der Waals surface area contributed by atoms with E-state index in [9.17, 15) is 4.79 Å². The molecule has 0 heterocycles. The molecule has 0 aliphatic heterocycles. The van der Waals surface area contributed by atoms with Crippen LogP contribution in [0.4, 0.5) is 0 Å². The van der Waals surface area contributed by atoms with Crippen molar-refractivity contribution in [1.29, 1.82) is 0 Å². The highest BCUT2D eigenvalue weighted by Crippen LogP contribution is 2.17. The summed E-state index contributed by atoms with van der Waals surface area (Å²) in [6.45, 7) is 4.18. The van der Waals surface area contributed by atoms with Crippen LogP contribution < -0.4 is 4.74 Å². The van der Waals surface area contributed by atoms with Crippen LogP contribution in [0, 0.1) is 6.92 Å². The Hall–Kier alpha value is -1.77. The second-order valence-electron chi connectivity index (χ2n) is 3.16. The van der Waals surface area contributed by atoms with Gasteiger partial charge < -0.3 is 9.84 Å². The molecule has 0 bridgehead atoms. The van der Waals surface area contributed by atoms with Crippen LogP contribution >= 0.6 is 0 Å². The number of aryl methyl sites for hydroxylation is 1. The first-order valence-electron chi connectivity index (χ1n) is 4.73. The van der Waals surface area contributed by atoms with Crippen molar-refractivity contribution < 1.29 is 14.6 Å². The second-order valence-corrected chi connectivity index (χ2v) is 3.16. The number of carboxylic acid groups (broad SMARTS) is 1. The van der Waals surface area contributed by atoms with Gasteiger partial charge in [-0.15, -0.1) is 0 Å². The molecule has 0 saturated carbocycles. The maximum Gasteiger partial charge on any atom is 0.335 e. The summed E-state index contributed by atoms with van der Waals surface area (Å²) in [4.78, 5) is 10.7. The minimum absolute atomic E-state index is 0.313. The van der Waals surface area contributed by atoms with E-state index >= 15 is 0 Å². The van der Waals surface area contributed by atoms with E-state index in [1.807, 2.05) is 19.1 Å². The summed E-state index contributed by atoms with van der Waals surface area (Å²) >= 11 is 0. The van der Waals surface area contributed by atoms with E-state index in [1.54, 1.807) is 25.1 Å². The number of hydrogen-bond acceptors (Lipinski definition) is 2. The lowest BCUT2D eigenvalue weighted by atomic mass is 10.1. The van der Waals surface area contributed by atoms with Crippen molar-refractivity contribution in [3.8, 4) is 5.75 Å². The lowest BCUT2D eigenvalue weighted by Gasteiger charge is -2.06. The summed E-state index contributed by atoms with van der Waals surface area (Å²) < 4.78 is 5.38. The number of benzene rings is 1. The number of carbonyl (C=O) groups is 1. The van der Waals surface area contributed by atoms with Gasteiger partial charge in [0.25, 0.3) is 0 Å². The van der Waals surface area contributed by atoms with E-state index in [4.69, 9.17) is 9.84 Å². The second kappa shape index (κ2) is 5.20. The van der Waals surface area contributed by atoms with Crippen molar-refractivity contribution in [2.45, 2.75) is 13.8 Å². The Bertz CT molecular complexity index is 380. The summed E-state index contributed by atoms with van der Waals surface area (Å²) in [5, 5.41) is 8.82. The predicted molar refractivity (Wildman–Crippen MR) is 58.4 cm³/mol.